The van der Waals surface area contributed by atoms with Gasteiger partial charge in [0.1, 0.15) is 6.04 Å². The van der Waals surface area contributed by atoms with Crippen LogP contribution >= 0.6 is 11.3 Å². The molecular weight excluding hydrogens is 386 g/mol. The number of nitrogens with zero attached hydrogens (tertiary/aromatic N) is 2. The van der Waals surface area contributed by atoms with Gasteiger partial charge in [0.05, 0.1) is 12.1 Å². The lowest BCUT2D eigenvalue weighted by Crippen LogP contribution is -2.33. The van der Waals surface area contributed by atoms with Crippen molar-refractivity contribution in [1.82, 2.24) is 10.3 Å². The number of guanidine groups is 1. The number of benzene rings is 2. The van der Waals surface area contributed by atoms with Crippen LogP contribution in [-0.2, 0) is 9.59 Å². The van der Waals surface area contributed by atoms with E-state index in [1.165, 1.54) is 11.3 Å². The SMILES string of the molecule is Cc1ccc(NC(=O)C[C@@H]2N=C(Nc3nc(-c4ccccc4)cs3)NC2=O)cc1. The third-order valence-corrected chi connectivity index (χ3v) is 5.10. The summed E-state index contributed by atoms with van der Waals surface area (Å²) >= 11 is 1.42. The molecule has 0 unspecified atom stereocenters. The lowest BCUT2D eigenvalue weighted by molar-refractivity contribution is -0.123. The Morgan fingerprint density at radius 2 is 1.90 bits per heavy atom. The molecule has 2 aromatic carbocycles. The van der Waals surface area contributed by atoms with Crippen molar-refractivity contribution in [2.24, 2.45) is 4.99 Å². The van der Waals surface area contributed by atoms with E-state index in [0.717, 1.165) is 16.8 Å². The Labute approximate surface area is 171 Å². The van der Waals surface area contributed by atoms with Crippen molar-refractivity contribution in [2.75, 3.05) is 10.6 Å². The molecule has 0 bridgehead atoms. The van der Waals surface area contributed by atoms with Crippen LogP contribution in [0.3, 0.4) is 0 Å². The number of carbonyl (C=O) groups excluding carboxylic acids is 2. The van der Waals surface area contributed by atoms with Crippen molar-refractivity contribution in [3.8, 4) is 11.3 Å². The van der Waals surface area contributed by atoms with Gasteiger partial charge in [-0.25, -0.2) is 9.98 Å². The number of anilines is 2. The predicted octanol–water partition coefficient (Wildman–Crippen LogP) is 3.41. The number of aliphatic imine (C=N–C) groups is 1. The number of rotatable bonds is 5. The molecule has 2 heterocycles. The van der Waals surface area contributed by atoms with Crippen molar-refractivity contribution in [3.63, 3.8) is 0 Å². The Morgan fingerprint density at radius 1 is 1.14 bits per heavy atom. The number of amides is 2. The van der Waals surface area contributed by atoms with Crippen LogP contribution in [0.5, 0.6) is 0 Å². The van der Waals surface area contributed by atoms with Gasteiger partial charge in [0.25, 0.3) is 5.91 Å². The average Bonchev–Trinajstić information content (AvgIpc) is 3.31. The second-order valence-electron chi connectivity index (χ2n) is 6.63. The molecule has 1 aliphatic rings. The Balaban J connectivity index is 1.37. The van der Waals surface area contributed by atoms with Gasteiger partial charge in [0.2, 0.25) is 11.9 Å². The zero-order valence-electron chi connectivity index (χ0n) is 15.7. The lowest BCUT2D eigenvalue weighted by Gasteiger charge is -2.07. The first kappa shape index (κ1) is 18.8. The number of aryl methyl sites for hydroxylation is 1. The van der Waals surface area contributed by atoms with Gasteiger partial charge in [-0.2, -0.15) is 0 Å². The molecule has 0 saturated heterocycles. The monoisotopic (exact) mass is 405 g/mol. The van der Waals surface area contributed by atoms with Crippen molar-refractivity contribution in [1.29, 1.82) is 0 Å². The first-order chi connectivity index (χ1) is 14.1. The van der Waals surface area contributed by atoms with E-state index < -0.39 is 6.04 Å². The minimum Gasteiger partial charge on any atom is -0.326 e. The lowest BCUT2D eigenvalue weighted by atomic mass is 10.2. The van der Waals surface area contributed by atoms with Gasteiger partial charge >= 0.3 is 0 Å². The smallest absolute Gasteiger partial charge is 0.252 e. The third kappa shape index (κ3) is 4.67. The molecule has 0 aliphatic carbocycles. The molecule has 29 heavy (non-hydrogen) atoms. The summed E-state index contributed by atoms with van der Waals surface area (Å²) in [6, 6.07) is 16.5. The summed E-state index contributed by atoms with van der Waals surface area (Å²) in [7, 11) is 0. The number of aromatic nitrogens is 1. The standard InChI is InChI=1S/C21H19N5O2S/c1-13-7-9-15(10-8-13)22-18(27)11-16-19(28)25-20(23-16)26-21-24-17(12-29-21)14-5-3-2-4-6-14/h2-10,12,16H,11H2,1H3,(H,22,27)(H2,23,24,25,26,28)/t16-/m0/s1. The van der Waals surface area contributed by atoms with E-state index in [1.54, 1.807) is 0 Å². The van der Waals surface area contributed by atoms with Gasteiger partial charge in [0, 0.05) is 16.6 Å². The Hall–Kier alpha value is -3.52. The summed E-state index contributed by atoms with van der Waals surface area (Å²) in [6.07, 6.45) is -0.0297. The summed E-state index contributed by atoms with van der Waals surface area (Å²) in [4.78, 5) is 33.2. The zero-order valence-corrected chi connectivity index (χ0v) is 16.5. The molecule has 4 rings (SSSR count). The summed E-state index contributed by atoms with van der Waals surface area (Å²) in [5.74, 6) is -0.275. The molecular formula is C21H19N5O2S. The van der Waals surface area contributed by atoms with Gasteiger partial charge in [-0.15, -0.1) is 11.3 Å². The zero-order chi connectivity index (χ0) is 20.2. The third-order valence-electron chi connectivity index (χ3n) is 4.34. The second kappa shape index (κ2) is 8.24. The van der Waals surface area contributed by atoms with Crippen molar-refractivity contribution in [2.45, 2.75) is 19.4 Å². The normalized spacial score (nSPS) is 15.6. The summed E-state index contributed by atoms with van der Waals surface area (Å²) in [6.45, 7) is 1.98. The topological polar surface area (TPSA) is 95.5 Å². The van der Waals surface area contributed by atoms with Gasteiger partial charge in [0.15, 0.2) is 5.13 Å². The van der Waals surface area contributed by atoms with E-state index in [9.17, 15) is 9.59 Å². The van der Waals surface area contributed by atoms with Gasteiger partial charge < -0.3 is 10.6 Å². The minimum absolute atomic E-state index is 0.0297. The van der Waals surface area contributed by atoms with Crippen LogP contribution in [-0.4, -0.2) is 28.8 Å². The predicted molar refractivity (Wildman–Crippen MR) is 115 cm³/mol. The maximum Gasteiger partial charge on any atom is 0.252 e. The second-order valence-corrected chi connectivity index (χ2v) is 7.49. The van der Waals surface area contributed by atoms with Crippen LogP contribution in [0.2, 0.25) is 0 Å². The summed E-state index contributed by atoms with van der Waals surface area (Å²) in [5, 5.41) is 11.0. The Bertz CT molecular complexity index is 1060. The molecule has 1 aromatic heterocycles. The molecule has 1 atom stereocenters. The van der Waals surface area contributed by atoms with Gasteiger partial charge in [-0.05, 0) is 19.1 Å². The van der Waals surface area contributed by atoms with E-state index in [4.69, 9.17) is 0 Å². The van der Waals surface area contributed by atoms with Crippen LogP contribution < -0.4 is 16.0 Å². The number of nitrogens with one attached hydrogen (secondary N) is 3. The fourth-order valence-corrected chi connectivity index (χ4v) is 3.57. The Kier molecular flexibility index (Phi) is 5.35. The molecule has 7 nitrogen and oxygen atoms in total. The molecule has 0 saturated carbocycles. The largest absolute Gasteiger partial charge is 0.326 e. The first-order valence-electron chi connectivity index (χ1n) is 9.10. The highest BCUT2D eigenvalue weighted by atomic mass is 32.1. The summed E-state index contributed by atoms with van der Waals surface area (Å²) < 4.78 is 0. The minimum atomic E-state index is -0.767. The van der Waals surface area contributed by atoms with E-state index in [0.29, 0.717) is 16.8 Å². The molecule has 1 aliphatic heterocycles. The van der Waals surface area contributed by atoms with Crippen molar-refractivity contribution < 1.29 is 9.59 Å². The molecule has 3 aromatic rings. The van der Waals surface area contributed by atoms with Crippen LogP contribution in [0.15, 0.2) is 65.0 Å². The van der Waals surface area contributed by atoms with Gasteiger partial charge in [-0.1, -0.05) is 48.0 Å². The number of carbonyl (C=O) groups is 2. The van der Waals surface area contributed by atoms with Crippen LogP contribution in [0.4, 0.5) is 10.8 Å². The number of thiazole rings is 1. The van der Waals surface area contributed by atoms with Crippen molar-refractivity contribution >= 4 is 39.9 Å². The molecule has 0 fully saturated rings. The highest BCUT2D eigenvalue weighted by Crippen LogP contribution is 2.24. The summed E-state index contributed by atoms with van der Waals surface area (Å²) in [5.41, 5.74) is 3.66. The Morgan fingerprint density at radius 3 is 2.66 bits per heavy atom. The molecule has 0 radical (unpaired) electrons. The van der Waals surface area contributed by atoms with Crippen LogP contribution in [0.25, 0.3) is 11.3 Å². The molecule has 2 amide bonds. The van der Waals surface area contributed by atoms with E-state index >= 15 is 0 Å². The molecule has 0 spiro atoms. The maximum atomic E-state index is 12.2. The quantitative estimate of drug-likeness (QED) is 0.606. The number of hydrogen-bond donors (Lipinski definition) is 3. The van der Waals surface area contributed by atoms with Crippen LogP contribution in [0.1, 0.15) is 12.0 Å². The van der Waals surface area contributed by atoms with E-state index in [1.807, 2.05) is 66.9 Å². The van der Waals surface area contributed by atoms with E-state index in [-0.39, 0.29) is 18.2 Å². The fraction of sp³-hybridized carbons (Fsp3) is 0.143. The maximum absolute atomic E-state index is 12.2. The van der Waals surface area contributed by atoms with E-state index in [2.05, 4.69) is 25.9 Å². The highest BCUT2D eigenvalue weighted by Gasteiger charge is 2.29. The van der Waals surface area contributed by atoms with Gasteiger partial charge in [-0.3, -0.25) is 14.9 Å². The molecule has 3 N–H and O–H groups in total. The average molecular weight is 405 g/mol. The first-order valence-corrected chi connectivity index (χ1v) is 9.98. The van der Waals surface area contributed by atoms with Crippen molar-refractivity contribution in [3.05, 3.63) is 65.5 Å². The van der Waals surface area contributed by atoms with Crippen LogP contribution in [0, 0.1) is 6.92 Å². The fourth-order valence-electron chi connectivity index (χ4n) is 2.85. The highest BCUT2D eigenvalue weighted by molar-refractivity contribution is 7.14. The number of hydrogen-bond acceptors (Lipinski definition) is 6. The molecule has 146 valence electrons. The molecule has 8 heteroatoms.